The molecule has 0 aromatic rings. The van der Waals surface area contributed by atoms with Crippen molar-refractivity contribution in [2.75, 3.05) is 0 Å². The average Bonchev–Trinajstić information content (AvgIpc) is 2.18. The monoisotopic (exact) mass is 210 g/mol. The molecule has 0 saturated heterocycles. The molecule has 0 heterocycles. The Morgan fingerprint density at radius 3 is 2.60 bits per heavy atom. The molecule has 1 rings (SSSR count). The lowest BCUT2D eigenvalue weighted by atomic mass is 9.60. The van der Waals surface area contributed by atoms with Crippen LogP contribution < -0.4 is 0 Å². The van der Waals surface area contributed by atoms with Gasteiger partial charge in [0, 0.05) is 18.8 Å². The molecule has 1 fully saturated rings. The Hall–Kier alpha value is -0.660. The standard InChI is InChI=1S/C13H22O2/c1-9-5-6-12(15)11(3)13(9,4)8-7-10(2)14/h9,11H,5-8H2,1-4H3/t9-,11+,13+/m1/s1. The molecular weight excluding hydrogens is 188 g/mol. The summed E-state index contributed by atoms with van der Waals surface area (Å²) < 4.78 is 0. The van der Waals surface area contributed by atoms with Gasteiger partial charge in [-0.2, -0.15) is 0 Å². The van der Waals surface area contributed by atoms with Crippen LogP contribution in [0.4, 0.5) is 0 Å². The zero-order chi connectivity index (χ0) is 11.6. The van der Waals surface area contributed by atoms with Gasteiger partial charge in [-0.25, -0.2) is 0 Å². The molecule has 1 saturated carbocycles. The summed E-state index contributed by atoms with van der Waals surface area (Å²) in [5.74, 6) is 1.26. The van der Waals surface area contributed by atoms with E-state index in [1.165, 1.54) is 0 Å². The maximum Gasteiger partial charge on any atom is 0.136 e. The molecule has 0 aromatic carbocycles. The molecule has 15 heavy (non-hydrogen) atoms. The highest BCUT2D eigenvalue weighted by atomic mass is 16.1. The van der Waals surface area contributed by atoms with Crippen LogP contribution >= 0.6 is 0 Å². The van der Waals surface area contributed by atoms with Crippen LogP contribution in [0.1, 0.15) is 53.4 Å². The van der Waals surface area contributed by atoms with E-state index in [9.17, 15) is 9.59 Å². The van der Waals surface area contributed by atoms with Crippen LogP contribution in [0.3, 0.4) is 0 Å². The average molecular weight is 210 g/mol. The lowest BCUT2D eigenvalue weighted by molar-refractivity contribution is -0.133. The smallest absolute Gasteiger partial charge is 0.136 e. The maximum absolute atomic E-state index is 11.7. The highest BCUT2D eigenvalue weighted by molar-refractivity contribution is 5.82. The van der Waals surface area contributed by atoms with E-state index < -0.39 is 0 Å². The van der Waals surface area contributed by atoms with Gasteiger partial charge in [0.25, 0.3) is 0 Å². The van der Waals surface area contributed by atoms with E-state index in [2.05, 4.69) is 13.8 Å². The van der Waals surface area contributed by atoms with Crippen molar-refractivity contribution in [2.45, 2.75) is 53.4 Å². The minimum Gasteiger partial charge on any atom is -0.300 e. The van der Waals surface area contributed by atoms with Crippen molar-refractivity contribution in [2.24, 2.45) is 17.3 Å². The second-order valence-corrected chi connectivity index (χ2v) is 5.34. The Balaban J connectivity index is 2.76. The quantitative estimate of drug-likeness (QED) is 0.717. The Bertz CT molecular complexity index is 270. The maximum atomic E-state index is 11.7. The molecule has 2 nitrogen and oxygen atoms in total. The molecular formula is C13H22O2. The number of hydrogen-bond acceptors (Lipinski definition) is 2. The van der Waals surface area contributed by atoms with E-state index in [-0.39, 0.29) is 17.1 Å². The van der Waals surface area contributed by atoms with Gasteiger partial charge in [-0.1, -0.05) is 20.8 Å². The number of carbonyl (C=O) groups excluding carboxylic acids is 2. The number of hydrogen-bond donors (Lipinski definition) is 0. The van der Waals surface area contributed by atoms with Gasteiger partial charge in [0.1, 0.15) is 11.6 Å². The molecule has 86 valence electrons. The van der Waals surface area contributed by atoms with Crippen molar-refractivity contribution < 1.29 is 9.59 Å². The van der Waals surface area contributed by atoms with E-state index in [0.29, 0.717) is 18.1 Å². The van der Waals surface area contributed by atoms with Gasteiger partial charge in [0.2, 0.25) is 0 Å². The van der Waals surface area contributed by atoms with Crippen LogP contribution in [0.25, 0.3) is 0 Å². The summed E-state index contributed by atoms with van der Waals surface area (Å²) in [6.07, 6.45) is 3.17. The Labute approximate surface area is 92.4 Å². The predicted molar refractivity (Wildman–Crippen MR) is 60.6 cm³/mol. The Morgan fingerprint density at radius 1 is 1.47 bits per heavy atom. The van der Waals surface area contributed by atoms with Crippen LogP contribution in [0, 0.1) is 17.3 Å². The van der Waals surface area contributed by atoms with E-state index in [1.807, 2.05) is 6.92 Å². The minimum atomic E-state index is 0.0288. The Kier molecular flexibility index (Phi) is 3.69. The molecule has 1 aliphatic carbocycles. The van der Waals surface area contributed by atoms with Gasteiger partial charge in [-0.15, -0.1) is 0 Å². The number of rotatable bonds is 3. The minimum absolute atomic E-state index is 0.0288. The first kappa shape index (κ1) is 12.4. The fraction of sp³-hybridized carbons (Fsp3) is 0.846. The van der Waals surface area contributed by atoms with E-state index >= 15 is 0 Å². The Morgan fingerprint density at radius 2 is 2.07 bits per heavy atom. The van der Waals surface area contributed by atoms with Gasteiger partial charge in [-0.3, -0.25) is 4.79 Å². The molecule has 0 unspecified atom stereocenters. The van der Waals surface area contributed by atoms with Gasteiger partial charge in [-0.05, 0) is 31.1 Å². The summed E-state index contributed by atoms with van der Waals surface area (Å²) in [6, 6.07) is 0. The predicted octanol–water partition coefficient (Wildman–Crippen LogP) is 3.00. The largest absolute Gasteiger partial charge is 0.300 e. The van der Waals surface area contributed by atoms with Crippen LogP contribution in [0.15, 0.2) is 0 Å². The number of ketones is 2. The summed E-state index contributed by atoms with van der Waals surface area (Å²) >= 11 is 0. The normalized spacial score (nSPS) is 36.7. The van der Waals surface area contributed by atoms with Crippen molar-refractivity contribution in [1.29, 1.82) is 0 Å². The molecule has 1 aliphatic rings. The van der Waals surface area contributed by atoms with Gasteiger partial charge >= 0.3 is 0 Å². The highest BCUT2D eigenvalue weighted by Gasteiger charge is 2.43. The molecule has 0 N–H and O–H groups in total. The lowest BCUT2D eigenvalue weighted by Crippen LogP contribution is -2.41. The van der Waals surface area contributed by atoms with Gasteiger partial charge in [0.15, 0.2) is 0 Å². The topological polar surface area (TPSA) is 34.1 Å². The third-order valence-electron chi connectivity index (χ3n) is 4.44. The van der Waals surface area contributed by atoms with Crippen molar-refractivity contribution in [1.82, 2.24) is 0 Å². The number of Topliss-reactive ketones (excluding diaryl/α,β-unsaturated/α-hetero) is 2. The number of carbonyl (C=O) groups is 2. The summed E-state index contributed by atoms with van der Waals surface area (Å²) in [4.78, 5) is 22.8. The zero-order valence-electron chi connectivity index (χ0n) is 10.3. The first-order valence-corrected chi connectivity index (χ1v) is 5.90. The van der Waals surface area contributed by atoms with Crippen LogP contribution in [0.2, 0.25) is 0 Å². The fourth-order valence-corrected chi connectivity index (χ4v) is 2.61. The first-order chi connectivity index (χ1) is 6.88. The van der Waals surface area contributed by atoms with Crippen molar-refractivity contribution in [3.63, 3.8) is 0 Å². The van der Waals surface area contributed by atoms with Crippen molar-refractivity contribution in [3.05, 3.63) is 0 Å². The molecule has 0 radical (unpaired) electrons. The second kappa shape index (κ2) is 4.46. The first-order valence-electron chi connectivity index (χ1n) is 5.90. The van der Waals surface area contributed by atoms with Crippen LogP contribution in [-0.4, -0.2) is 11.6 Å². The molecule has 0 bridgehead atoms. The summed E-state index contributed by atoms with van der Waals surface area (Å²) in [5, 5.41) is 0. The van der Waals surface area contributed by atoms with E-state index in [0.717, 1.165) is 19.3 Å². The summed E-state index contributed by atoms with van der Waals surface area (Å²) in [6.45, 7) is 8.03. The SMILES string of the molecule is CC(=O)CC[C@@]1(C)[C@H](C)CCC(=O)[C@@H]1C. The van der Waals surface area contributed by atoms with Crippen molar-refractivity contribution >= 4 is 11.6 Å². The summed E-state index contributed by atoms with van der Waals surface area (Å²) in [7, 11) is 0. The van der Waals surface area contributed by atoms with E-state index in [4.69, 9.17) is 0 Å². The molecule has 0 spiro atoms. The second-order valence-electron chi connectivity index (χ2n) is 5.34. The third-order valence-corrected chi connectivity index (χ3v) is 4.44. The molecule has 3 atom stereocenters. The molecule has 0 amide bonds. The van der Waals surface area contributed by atoms with Crippen LogP contribution in [-0.2, 0) is 9.59 Å². The van der Waals surface area contributed by atoms with Gasteiger partial charge in [0.05, 0.1) is 0 Å². The molecule has 0 aliphatic heterocycles. The lowest BCUT2D eigenvalue weighted by Gasteiger charge is -2.44. The molecule has 2 heteroatoms. The highest BCUT2D eigenvalue weighted by Crippen LogP contribution is 2.46. The van der Waals surface area contributed by atoms with Crippen molar-refractivity contribution in [3.8, 4) is 0 Å². The van der Waals surface area contributed by atoms with Crippen LogP contribution in [0.5, 0.6) is 0 Å². The summed E-state index contributed by atoms with van der Waals surface area (Å²) in [5.41, 5.74) is 0.0288. The molecule has 0 aromatic heterocycles. The zero-order valence-corrected chi connectivity index (χ0v) is 10.3. The van der Waals surface area contributed by atoms with E-state index in [1.54, 1.807) is 6.92 Å². The third kappa shape index (κ3) is 2.47. The van der Waals surface area contributed by atoms with Gasteiger partial charge < -0.3 is 4.79 Å². The fourth-order valence-electron chi connectivity index (χ4n) is 2.61.